The van der Waals surface area contributed by atoms with Crippen LogP contribution in [0, 0.1) is 13.8 Å². The monoisotopic (exact) mass is 363 g/mol. The first-order valence-electron chi connectivity index (χ1n) is 7.72. The quantitative estimate of drug-likeness (QED) is 0.428. The van der Waals surface area contributed by atoms with E-state index in [9.17, 15) is 8.42 Å². The standard InChI is InChI=1S/C18H21NO5S/c1-5-23-19-12-15-8-9-16(17(11-15)22-4)24-25(20,21)18-10-13(2)6-7-14(18)3/h6-12H,5H2,1-4H3/b19-12+. The molecule has 134 valence electrons. The zero-order valence-electron chi connectivity index (χ0n) is 14.6. The number of hydrogen-bond acceptors (Lipinski definition) is 6. The van der Waals surface area contributed by atoms with Crippen LogP contribution in [0.4, 0.5) is 0 Å². The second kappa shape index (κ2) is 8.02. The predicted octanol–water partition coefficient (Wildman–Crippen LogP) is 3.45. The summed E-state index contributed by atoms with van der Waals surface area (Å²) in [6.45, 7) is 5.83. The van der Waals surface area contributed by atoms with Crippen LogP contribution in [-0.4, -0.2) is 28.3 Å². The van der Waals surface area contributed by atoms with Gasteiger partial charge in [0, 0.05) is 5.56 Å². The minimum absolute atomic E-state index is 0.108. The molecule has 0 spiro atoms. The summed E-state index contributed by atoms with van der Waals surface area (Å²) < 4.78 is 35.8. The Morgan fingerprint density at radius 1 is 1.08 bits per heavy atom. The van der Waals surface area contributed by atoms with E-state index in [-0.39, 0.29) is 16.4 Å². The molecule has 2 aromatic rings. The Balaban J connectivity index is 2.34. The maximum atomic E-state index is 12.6. The van der Waals surface area contributed by atoms with Crippen LogP contribution in [0.15, 0.2) is 46.4 Å². The molecular weight excluding hydrogens is 342 g/mol. The van der Waals surface area contributed by atoms with E-state index < -0.39 is 10.1 Å². The van der Waals surface area contributed by atoms with E-state index in [1.165, 1.54) is 19.4 Å². The van der Waals surface area contributed by atoms with Crippen molar-refractivity contribution in [3.05, 3.63) is 53.1 Å². The molecule has 0 saturated heterocycles. The lowest BCUT2D eigenvalue weighted by molar-refractivity contribution is 0.160. The smallest absolute Gasteiger partial charge is 0.339 e. The molecule has 0 aliphatic heterocycles. The average molecular weight is 363 g/mol. The Bertz CT molecular complexity index is 875. The SMILES string of the molecule is CCO/N=C/c1ccc(OS(=O)(=O)c2cc(C)ccc2C)c(OC)c1. The highest BCUT2D eigenvalue weighted by molar-refractivity contribution is 7.87. The Hall–Kier alpha value is -2.54. The highest BCUT2D eigenvalue weighted by atomic mass is 32.2. The van der Waals surface area contributed by atoms with Crippen molar-refractivity contribution in [3.8, 4) is 11.5 Å². The predicted molar refractivity (Wildman–Crippen MR) is 95.9 cm³/mol. The van der Waals surface area contributed by atoms with E-state index in [1.54, 1.807) is 31.2 Å². The zero-order valence-corrected chi connectivity index (χ0v) is 15.5. The molecular formula is C18H21NO5S. The Labute approximate surface area is 148 Å². The van der Waals surface area contributed by atoms with Gasteiger partial charge in [-0.3, -0.25) is 0 Å². The first-order valence-corrected chi connectivity index (χ1v) is 9.13. The summed E-state index contributed by atoms with van der Waals surface area (Å²) in [4.78, 5) is 5.04. The van der Waals surface area contributed by atoms with Gasteiger partial charge in [0.05, 0.1) is 13.3 Å². The number of nitrogens with zero attached hydrogens (tertiary/aromatic N) is 1. The molecule has 0 atom stereocenters. The Kier molecular flexibility index (Phi) is 6.03. The molecule has 2 rings (SSSR count). The first-order chi connectivity index (χ1) is 11.9. The first kappa shape index (κ1) is 18.8. The highest BCUT2D eigenvalue weighted by Gasteiger charge is 2.21. The van der Waals surface area contributed by atoms with Gasteiger partial charge in [0.2, 0.25) is 0 Å². The van der Waals surface area contributed by atoms with Crippen molar-refractivity contribution in [2.24, 2.45) is 5.16 Å². The summed E-state index contributed by atoms with van der Waals surface area (Å²) in [6.07, 6.45) is 1.51. The van der Waals surface area contributed by atoms with E-state index in [2.05, 4.69) is 5.16 Å². The van der Waals surface area contributed by atoms with Crippen molar-refractivity contribution in [1.82, 2.24) is 0 Å². The third-order valence-corrected chi connectivity index (χ3v) is 4.78. The summed E-state index contributed by atoms with van der Waals surface area (Å²) in [5, 5.41) is 3.77. The van der Waals surface area contributed by atoms with E-state index in [1.807, 2.05) is 19.9 Å². The lowest BCUT2D eigenvalue weighted by atomic mass is 10.2. The molecule has 6 nitrogen and oxygen atoms in total. The fraction of sp³-hybridized carbons (Fsp3) is 0.278. The maximum Gasteiger partial charge on any atom is 0.339 e. The fourth-order valence-electron chi connectivity index (χ4n) is 2.15. The number of ether oxygens (including phenoxy) is 1. The van der Waals surface area contributed by atoms with Crippen LogP contribution in [0.3, 0.4) is 0 Å². The van der Waals surface area contributed by atoms with Gasteiger partial charge in [-0.25, -0.2) is 0 Å². The molecule has 0 fully saturated rings. The fourth-order valence-corrected chi connectivity index (χ4v) is 3.40. The summed E-state index contributed by atoms with van der Waals surface area (Å²) >= 11 is 0. The molecule has 0 heterocycles. The average Bonchev–Trinajstić information content (AvgIpc) is 2.58. The van der Waals surface area contributed by atoms with E-state index in [0.29, 0.717) is 17.7 Å². The van der Waals surface area contributed by atoms with Crippen LogP contribution in [-0.2, 0) is 15.0 Å². The maximum absolute atomic E-state index is 12.6. The molecule has 0 radical (unpaired) electrons. The van der Waals surface area contributed by atoms with Crippen molar-refractivity contribution in [2.75, 3.05) is 13.7 Å². The van der Waals surface area contributed by atoms with Crippen molar-refractivity contribution in [1.29, 1.82) is 0 Å². The van der Waals surface area contributed by atoms with Gasteiger partial charge < -0.3 is 13.8 Å². The number of benzene rings is 2. The summed E-state index contributed by atoms with van der Waals surface area (Å²) in [6, 6.07) is 9.99. The molecule has 0 aromatic heterocycles. The van der Waals surface area contributed by atoms with Crippen LogP contribution >= 0.6 is 0 Å². The zero-order chi connectivity index (χ0) is 18.4. The van der Waals surface area contributed by atoms with Crippen LogP contribution in [0.2, 0.25) is 0 Å². The second-order valence-electron chi connectivity index (χ2n) is 5.37. The minimum atomic E-state index is -3.97. The lowest BCUT2D eigenvalue weighted by Crippen LogP contribution is -2.12. The number of aryl methyl sites for hydroxylation is 2. The van der Waals surface area contributed by atoms with Gasteiger partial charge in [-0.1, -0.05) is 17.3 Å². The van der Waals surface area contributed by atoms with Crippen molar-refractivity contribution < 1.29 is 22.2 Å². The molecule has 7 heteroatoms. The van der Waals surface area contributed by atoms with Crippen molar-refractivity contribution >= 4 is 16.3 Å². The number of hydrogen-bond donors (Lipinski definition) is 0. The third kappa shape index (κ3) is 4.73. The Morgan fingerprint density at radius 2 is 1.84 bits per heavy atom. The largest absolute Gasteiger partial charge is 0.493 e. The number of oxime groups is 1. The van der Waals surface area contributed by atoms with Gasteiger partial charge in [0.1, 0.15) is 11.5 Å². The summed E-state index contributed by atoms with van der Waals surface area (Å²) in [7, 11) is -2.53. The van der Waals surface area contributed by atoms with Crippen molar-refractivity contribution in [2.45, 2.75) is 25.7 Å². The van der Waals surface area contributed by atoms with Gasteiger partial charge in [-0.05, 0) is 56.2 Å². The summed E-state index contributed by atoms with van der Waals surface area (Å²) in [5.74, 6) is 0.395. The van der Waals surface area contributed by atoms with Gasteiger partial charge in [0.25, 0.3) is 0 Å². The van der Waals surface area contributed by atoms with E-state index in [0.717, 1.165) is 5.56 Å². The molecule has 0 N–H and O–H groups in total. The van der Waals surface area contributed by atoms with Crippen LogP contribution < -0.4 is 8.92 Å². The molecule has 0 aliphatic carbocycles. The van der Waals surface area contributed by atoms with E-state index in [4.69, 9.17) is 13.8 Å². The topological polar surface area (TPSA) is 74.2 Å². The normalized spacial score (nSPS) is 11.5. The Morgan fingerprint density at radius 3 is 2.52 bits per heavy atom. The van der Waals surface area contributed by atoms with Crippen molar-refractivity contribution in [3.63, 3.8) is 0 Å². The third-order valence-electron chi connectivity index (χ3n) is 3.41. The molecule has 0 saturated carbocycles. The minimum Gasteiger partial charge on any atom is -0.493 e. The molecule has 25 heavy (non-hydrogen) atoms. The van der Waals surface area contributed by atoms with Gasteiger partial charge >= 0.3 is 10.1 Å². The highest BCUT2D eigenvalue weighted by Crippen LogP contribution is 2.31. The molecule has 0 bridgehead atoms. The molecule has 0 amide bonds. The number of rotatable bonds is 7. The molecule has 0 unspecified atom stereocenters. The van der Waals surface area contributed by atoms with E-state index >= 15 is 0 Å². The number of methoxy groups -OCH3 is 1. The second-order valence-corrected chi connectivity index (χ2v) is 6.88. The molecule has 0 aliphatic rings. The summed E-state index contributed by atoms with van der Waals surface area (Å²) in [5.41, 5.74) is 2.15. The van der Waals surface area contributed by atoms with Gasteiger partial charge in [0.15, 0.2) is 11.5 Å². The molecule has 2 aromatic carbocycles. The van der Waals surface area contributed by atoms with Crippen LogP contribution in [0.25, 0.3) is 0 Å². The van der Waals surface area contributed by atoms with Crippen LogP contribution in [0.5, 0.6) is 11.5 Å². The van der Waals surface area contributed by atoms with Gasteiger partial charge in [-0.15, -0.1) is 0 Å². The lowest BCUT2D eigenvalue weighted by Gasteiger charge is -2.13. The van der Waals surface area contributed by atoms with Crippen LogP contribution in [0.1, 0.15) is 23.6 Å². The van der Waals surface area contributed by atoms with Gasteiger partial charge in [-0.2, -0.15) is 8.42 Å².